The molecule has 11 heavy (non-hydrogen) atoms. The summed E-state index contributed by atoms with van der Waals surface area (Å²) >= 11 is 0. The molecular weight excluding hydrogens is 161 g/mol. The Morgan fingerprint density at radius 2 is 2.09 bits per heavy atom. The first-order chi connectivity index (χ1) is 4.57. The van der Waals surface area contributed by atoms with Crippen molar-refractivity contribution in [2.24, 2.45) is 5.73 Å². The van der Waals surface area contributed by atoms with Crippen molar-refractivity contribution < 1.29 is 19.4 Å². The van der Waals surface area contributed by atoms with Gasteiger partial charge >= 0.3 is 41.5 Å². The summed E-state index contributed by atoms with van der Waals surface area (Å²) in [6, 6.07) is 0. The quantitative estimate of drug-likeness (QED) is 0.278. The summed E-state index contributed by atoms with van der Waals surface area (Å²) in [6.07, 6.45) is -1.28. The van der Waals surface area contributed by atoms with Crippen molar-refractivity contribution >= 4 is 41.5 Å². The standard InChI is InChI=1S/C5H9NO4.Na.H/c1-3(7)5(9)10-4(8)2-6;;/h3,7H,2,6H2,1H3;;. The van der Waals surface area contributed by atoms with E-state index >= 15 is 0 Å². The zero-order valence-corrected chi connectivity index (χ0v) is 5.53. The molecule has 0 aliphatic heterocycles. The number of esters is 2. The topological polar surface area (TPSA) is 89.6 Å². The van der Waals surface area contributed by atoms with Crippen molar-refractivity contribution in [1.82, 2.24) is 0 Å². The van der Waals surface area contributed by atoms with Gasteiger partial charge in [0, 0.05) is 0 Å². The van der Waals surface area contributed by atoms with Gasteiger partial charge in [-0.1, -0.05) is 0 Å². The fourth-order valence-electron chi connectivity index (χ4n) is 0.239. The number of hydrogen-bond acceptors (Lipinski definition) is 5. The van der Waals surface area contributed by atoms with E-state index in [0.717, 1.165) is 0 Å². The van der Waals surface area contributed by atoms with Crippen molar-refractivity contribution in [2.45, 2.75) is 13.0 Å². The summed E-state index contributed by atoms with van der Waals surface area (Å²) in [7, 11) is 0. The van der Waals surface area contributed by atoms with E-state index in [1.165, 1.54) is 6.92 Å². The molecular formula is C5H10NNaO4. The first-order valence-corrected chi connectivity index (χ1v) is 2.70. The molecule has 0 fully saturated rings. The van der Waals surface area contributed by atoms with Crippen LogP contribution in [0.3, 0.4) is 0 Å². The molecule has 60 valence electrons. The summed E-state index contributed by atoms with van der Waals surface area (Å²) in [5, 5.41) is 8.50. The molecule has 0 saturated carbocycles. The van der Waals surface area contributed by atoms with Crippen molar-refractivity contribution in [3.05, 3.63) is 0 Å². The maximum absolute atomic E-state index is 10.4. The van der Waals surface area contributed by atoms with Gasteiger partial charge in [-0.15, -0.1) is 0 Å². The van der Waals surface area contributed by atoms with Crippen molar-refractivity contribution in [3.8, 4) is 0 Å². The summed E-state index contributed by atoms with van der Waals surface area (Å²) in [6.45, 7) is 0.838. The van der Waals surface area contributed by atoms with Crippen LogP contribution in [0.15, 0.2) is 0 Å². The van der Waals surface area contributed by atoms with Crippen LogP contribution < -0.4 is 5.73 Å². The van der Waals surface area contributed by atoms with Crippen LogP contribution in [0.5, 0.6) is 0 Å². The third kappa shape index (κ3) is 6.46. The predicted octanol–water partition coefficient (Wildman–Crippen LogP) is -2.25. The number of hydrogen-bond donors (Lipinski definition) is 2. The van der Waals surface area contributed by atoms with E-state index in [4.69, 9.17) is 10.8 Å². The zero-order valence-electron chi connectivity index (χ0n) is 5.53. The van der Waals surface area contributed by atoms with Gasteiger partial charge in [0.25, 0.3) is 0 Å². The number of ether oxygens (including phenoxy) is 1. The fraction of sp³-hybridized carbons (Fsp3) is 0.600. The number of aliphatic hydroxyl groups is 1. The van der Waals surface area contributed by atoms with Gasteiger partial charge in [-0.3, -0.25) is 4.79 Å². The SMILES string of the molecule is CC(O)C(=O)OC(=O)CN.[NaH]. The summed E-state index contributed by atoms with van der Waals surface area (Å²) in [5.74, 6) is -1.82. The third-order valence-electron chi connectivity index (χ3n) is 0.722. The minimum absolute atomic E-state index is 0. The van der Waals surface area contributed by atoms with Gasteiger partial charge in [-0.2, -0.15) is 0 Å². The van der Waals surface area contributed by atoms with Gasteiger partial charge in [-0.05, 0) is 6.92 Å². The van der Waals surface area contributed by atoms with Crippen LogP contribution in [-0.4, -0.2) is 59.3 Å². The van der Waals surface area contributed by atoms with E-state index in [1.807, 2.05) is 0 Å². The predicted molar refractivity (Wildman–Crippen MR) is 39.0 cm³/mol. The Balaban J connectivity index is 0. The summed E-state index contributed by atoms with van der Waals surface area (Å²) in [4.78, 5) is 20.6. The molecule has 6 heteroatoms. The van der Waals surface area contributed by atoms with Gasteiger partial charge < -0.3 is 15.6 Å². The van der Waals surface area contributed by atoms with Crippen molar-refractivity contribution in [2.75, 3.05) is 6.54 Å². The van der Waals surface area contributed by atoms with Crippen LogP contribution in [0.1, 0.15) is 6.92 Å². The molecule has 0 bridgehead atoms. The van der Waals surface area contributed by atoms with E-state index in [2.05, 4.69) is 4.74 Å². The van der Waals surface area contributed by atoms with E-state index in [9.17, 15) is 9.59 Å². The van der Waals surface area contributed by atoms with Crippen molar-refractivity contribution in [1.29, 1.82) is 0 Å². The molecule has 1 unspecified atom stereocenters. The number of rotatable bonds is 2. The molecule has 0 aliphatic carbocycles. The Bertz CT molecular complexity index is 147. The summed E-state index contributed by atoms with van der Waals surface area (Å²) < 4.78 is 4.01. The molecule has 0 aromatic rings. The normalized spacial score (nSPS) is 11.2. The monoisotopic (exact) mass is 171 g/mol. The molecule has 0 amide bonds. The second-order valence-electron chi connectivity index (χ2n) is 1.67. The number of aliphatic hydroxyl groups excluding tert-OH is 1. The van der Waals surface area contributed by atoms with Gasteiger partial charge in [0.15, 0.2) is 0 Å². The molecule has 0 rings (SSSR count). The molecule has 5 nitrogen and oxygen atoms in total. The van der Waals surface area contributed by atoms with Gasteiger partial charge in [0.05, 0.1) is 6.54 Å². The maximum atomic E-state index is 10.4. The number of nitrogens with two attached hydrogens (primary N) is 1. The molecule has 3 N–H and O–H groups in total. The Hall–Kier alpha value is 0.0600. The third-order valence-corrected chi connectivity index (χ3v) is 0.722. The van der Waals surface area contributed by atoms with Gasteiger partial charge in [0.1, 0.15) is 6.10 Å². The Labute approximate surface area is 86.2 Å². The first-order valence-electron chi connectivity index (χ1n) is 2.70. The average Bonchev–Trinajstić information content (AvgIpc) is 1.87. The Morgan fingerprint density at radius 1 is 1.64 bits per heavy atom. The fourth-order valence-corrected chi connectivity index (χ4v) is 0.239. The van der Waals surface area contributed by atoms with E-state index < -0.39 is 18.0 Å². The molecule has 1 atom stereocenters. The molecule has 0 aliphatic rings. The average molecular weight is 171 g/mol. The zero-order chi connectivity index (χ0) is 8.15. The number of carbonyl (C=O) groups is 2. The van der Waals surface area contributed by atoms with E-state index in [-0.39, 0.29) is 36.1 Å². The number of carbonyl (C=O) groups excluding carboxylic acids is 2. The molecule has 0 heterocycles. The van der Waals surface area contributed by atoms with Crippen LogP contribution >= 0.6 is 0 Å². The van der Waals surface area contributed by atoms with Crippen LogP contribution in [0.4, 0.5) is 0 Å². The molecule has 0 aromatic carbocycles. The van der Waals surface area contributed by atoms with Crippen LogP contribution in [0, 0.1) is 0 Å². The Morgan fingerprint density at radius 3 is 2.36 bits per heavy atom. The van der Waals surface area contributed by atoms with Crippen LogP contribution in [0.25, 0.3) is 0 Å². The minimum atomic E-state index is -1.28. The van der Waals surface area contributed by atoms with Crippen LogP contribution in [-0.2, 0) is 14.3 Å². The van der Waals surface area contributed by atoms with Crippen molar-refractivity contribution in [3.63, 3.8) is 0 Å². The van der Waals surface area contributed by atoms with Crippen LogP contribution in [0.2, 0.25) is 0 Å². The van der Waals surface area contributed by atoms with E-state index in [1.54, 1.807) is 0 Å². The van der Waals surface area contributed by atoms with E-state index in [0.29, 0.717) is 0 Å². The molecule has 0 spiro atoms. The molecule has 0 aromatic heterocycles. The van der Waals surface area contributed by atoms with Gasteiger partial charge in [0.2, 0.25) is 0 Å². The molecule has 0 radical (unpaired) electrons. The van der Waals surface area contributed by atoms with Gasteiger partial charge in [-0.25, -0.2) is 4.79 Å². The second-order valence-corrected chi connectivity index (χ2v) is 1.67. The summed E-state index contributed by atoms with van der Waals surface area (Å²) in [5.41, 5.74) is 4.81. The second kappa shape index (κ2) is 6.75. The Kier molecular flexibility index (Phi) is 8.37. The first kappa shape index (κ1) is 13.6. The molecule has 0 saturated heterocycles.